The molecular formula is C42H60N2O6. The third-order valence-corrected chi connectivity index (χ3v) is 10.1. The molecule has 2 aromatic carbocycles. The molecule has 2 aliphatic rings. The Balaban J connectivity index is 1.47. The molecule has 3 aromatic rings. The lowest BCUT2D eigenvalue weighted by molar-refractivity contribution is 0.214. The van der Waals surface area contributed by atoms with Gasteiger partial charge in [-0.25, -0.2) is 0 Å². The summed E-state index contributed by atoms with van der Waals surface area (Å²) in [5.74, 6) is 1.57. The number of ether oxygens (including phenoxy) is 3. The molecule has 3 heterocycles. The van der Waals surface area contributed by atoms with Crippen LogP contribution in [0.15, 0.2) is 44.6 Å². The molecule has 274 valence electrons. The van der Waals surface area contributed by atoms with Crippen LogP contribution >= 0.6 is 0 Å². The van der Waals surface area contributed by atoms with Crippen LogP contribution in [0.1, 0.15) is 103 Å². The Morgan fingerprint density at radius 1 is 0.720 bits per heavy atom. The van der Waals surface area contributed by atoms with Crippen LogP contribution < -0.4 is 19.6 Å². The molecule has 0 amide bonds. The zero-order valence-electron chi connectivity index (χ0n) is 31.3. The van der Waals surface area contributed by atoms with Crippen molar-refractivity contribution >= 4 is 21.9 Å². The number of unbranched alkanes of at least 4 members (excludes halogenated alkanes) is 2. The Morgan fingerprint density at radius 3 is 1.76 bits per heavy atom. The number of rotatable bonds is 17. The number of hydrogen-bond donors (Lipinski definition) is 1. The summed E-state index contributed by atoms with van der Waals surface area (Å²) in [6, 6.07) is 3.57. The van der Waals surface area contributed by atoms with E-state index in [-0.39, 0.29) is 16.6 Å². The summed E-state index contributed by atoms with van der Waals surface area (Å²) in [5, 5.41) is 12.3. The molecule has 0 unspecified atom stereocenters. The second-order valence-electron chi connectivity index (χ2n) is 14.7. The maximum Gasteiger partial charge on any atom is 0.204 e. The number of methoxy groups -OCH3 is 1. The van der Waals surface area contributed by atoms with Gasteiger partial charge in [0.15, 0.2) is 11.5 Å². The molecule has 0 aliphatic carbocycles. The Labute approximate surface area is 299 Å². The molecule has 0 spiro atoms. The van der Waals surface area contributed by atoms with Gasteiger partial charge in [-0.1, -0.05) is 36.1 Å². The summed E-state index contributed by atoms with van der Waals surface area (Å²) in [5.41, 5.74) is 3.97. The molecule has 2 aliphatic heterocycles. The molecule has 1 aromatic heterocycles. The summed E-state index contributed by atoms with van der Waals surface area (Å²) in [6.07, 6.45) is 16.8. The zero-order valence-corrected chi connectivity index (χ0v) is 31.3. The second kappa shape index (κ2) is 18.7. The molecule has 8 nitrogen and oxygen atoms in total. The van der Waals surface area contributed by atoms with Crippen LogP contribution in [0.25, 0.3) is 21.9 Å². The average Bonchev–Trinajstić information content (AvgIpc) is 3.10. The number of nitrogens with zero attached hydrogens (tertiary/aromatic N) is 2. The molecule has 50 heavy (non-hydrogen) atoms. The first-order valence-electron chi connectivity index (χ1n) is 19.1. The van der Waals surface area contributed by atoms with Gasteiger partial charge in [-0.3, -0.25) is 4.79 Å². The van der Waals surface area contributed by atoms with Crippen LogP contribution in [0, 0.1) is 0 Å². The van der Waals surface area contributed by atoms with Gasteiger partial charge in [-0.2, -0.15) is 0 Å². The van der Waals surface area contributed by atoms with Crippen molar-refractivity contribution in [2.75, 3.05) is 59.6 Å². The number of benzene rings is 2. The number of hydrogen-bond acceptors (Lipinski definition) is 8. The third kappa shape index (κ3) is 9.85. The highest BCUT2D eigenvalue weighted by Gasteiger charge is 2.24. The first-order valence-corrected chi connectivity index (χ1v) is 19.1. The van der Waals surface area contributed by atoms with E-state index >= 15 is 0 Å². The first kappa shape index (κ1) is 37.8. The Kier molecular flexibility index (Phi) is 14.1. The lowest BCUT2D eigenvalue weighted by Gasteiger charge is -2.26. The van der Waals surface area contributed by atoms with Gasteiger partial charge in [0.05, 0.1) is 25.7 Å². The van der Waals surface area contributed by atoms with Crippen LogP contribution in [0.2, 0.25) is 0 Å². The van der Waals surface area contributed by atoms with Crippen LogP contribution in [0.4, 0.5) is 0 Å². The van der Waals surface area contributed by atoms with Gasteiger partial charge in [0.1, 0.15) is 28.1 Å². The van der Waals surface area contributed by atoms with Crippen molar-refractivity contribution in [3.63, 3.8) is 0 Å². The lowest BCUT2D eigenvalue weighted by atomic mass is 9.98. The molecule has 0 atom stereocenters. The van der Waals surface area contributed by atoms with Crippen molar-refractivity contribution in [1.29, 1.82) is 0 Å². The molecule has 0 saturated carbocycles. The highest BCUT2D eigenvalue weighted by molar-refractivity contribution is 5.98. The number of likely N-dealkylation sites (tertiary alicyclic amines) is 2. The van der Waals surface area contributed by atoms with Crippen LogP contribution in [-0.2, 0) is 12.8 Å². The van der Waals surface area contributed by atoms with Crippen LogP contribution in [-0.4, -0.2) is 74.5 Å². The predicted molar refractivity (Wildman–Crippen MR) is 205 cm³/mol. The largest absolute Gasteiger partial charge is 0.507 e. The fraction of sp³-hybridized carbons (Fsp3) is 0.595. The van der Waals surface area contributed by atoms with E-state index < -0.39 is 0 Å². The predicted octanol–water partition coefficient (Wildman–Crippen LogP) is 8.97. The van der Waals surface area contributed by atoms with E-state index in [0.717, 1.165) is 49.9 Å². The van der Waals surface area contributed by atoms with Crippen molar-refractivity contribution < 1.29 is 23.7 Å². The van der Waals surface area contributed by atoms with E-state index in [2.05, 4.69) is 15.9 Å². The van der Waals surface area contributed by atoms with Gasteiger partial charge in [0.25, 0.3) is 0 Å². The summed E-state index contributed by atoms with van der Waals surface area (Å²) in [6.45, 7) is 16.1. The summed E-state index contributed by atoms with van der Waals surface area (Å²) in [4.78, 5) is 19.5. The van der Waals surface area contributed by atoms with Gasteiger partial charge in [-0.05, 0) is 131 Å². The van der Waals surface area contributed by atoms with Crippen molar-refractivity contribution in [2.24, 2.45) is 0 Å². The fourth-order valence-electron chi connectivity index (χ4n) is 7.27. The first-order chi connectivity index (χ1) is 24.3. The number of piperidine rings is 2. The van der Waals surface area contributed by atoms with Gasteiger partial charge < -0.3 is 33.5 Å². The van der Waals surface area contributed by atoms with E-state index in [1.54, 1.807) is 19.2 Å². The van der Waals surface area contributed by atoms with Crippen LogP contribution in [0.5, 0.6) is 23.0 Å². The molecule has 0 bridgehead atoms. The minimum Gasteiger partial charge on any atom is -0.507 e. The van der Waals surface area contributed by atoms with E-state index in [1.807, 2.05) is 33.8 Å². The van der Waals surface area contributed by atoms with Crippen LogP contribution in [0.3, 0.4) is 0 Å². The van der Waals surface area contributed by atoms with Crippen molar-refractivity contribution in [3.8, 4) is 23.0 Å². The Morgan fingerprint density at radius 2 is 1.22 bits per heavy atom. The number of phenolic OH excluding ortho intramolecular Hbond substituents is 1. The van der Waals surface area contributed by atoms with Gasteiger partial charge in [0, 0.05) is 23.3 Å². The fourth-order valence-corrected chi connectivity index (χ4v) is 7.27. The maximum absolute atomic E-state index is 14.5. The zero-order chi connectivity index (χ0) is 35.5. The van der Waals surface area contributed by atoms with Gasteiger partial charge in [0.2, 0.25) is 5.43 Å². The minimum atomic E-state index is -0.284. The van der Waals surface area contributed by atoms with Gasteiger partial charge in [-0.15, -0.1) is 0 Å². The maximum atomic E-state index is 14.5. The summed E-state index contributed by atoms with van der Waals surface area (Å²) >= 11 is 0. The quantitative estimate of drug-likeness (QED) is 0.0855. The monoisotopic (exact) mass is 688 g/mol. The summed E-state index contributed by atoms with van der Waals surface area (Å²) < 4.78 is 25.1. The standard InChI is InChI=1S/C42H60N2O6/c1-30(2)16-18-32-34(48-26-14-12-24-43-20-8-6-9-21-43)28-36-39(40(32)45)41(46)38-33(19-17-31(3)4)42(47-5)37(29-35(38)50-36)49-27-15-13-25-44-22-10-7-11-23-44/h16-17,28-29,45H,6-15,18-27H2,1-5H3. The molecule has 1 N–H and O–H groups in total. The highest BCUT2D eigenvalue weighted by atomic mass is 16.5. The van der Waals surface area contributed by atoms with Gasteiger partial charge >= 0.3 is 0 Å². The van der Waals surface area contributed by atoms with E-state index in [1.165, 1.54) is 64.7 Å². The van der Waals surface area contributed by atoms with E-state index in [9.17, 15) is 9.90 Å². The molecule has 8 heteroatoms. The third-order valence-electron chi connectivity index (χ3n) is 10.1. The smallest absolute Gasteiger partial charge is 0.204 e. The minimum absolute atomic E-state index is 0.0832. The van der Waals surface area contributed by atoms with E-state index in [4.69, 9.17) is 18.6 Å². The molecule has 5 rings (SSSR count). The molecule has 2 saturated heterocycles. The van der Waals surface area contributed by atoms with Crippen molar-refractivity contribution in [1.82, 2.24) is 9.80 Å². The normalized spacial score (nSPS) is 15.7. The second-order valence-corrected chi connectivity index (χ2v) is 14.7. The summed E-state index contributed by atoms with van der Waals surface area (Å²) in [7, 11) is 1.62. The van der Waals surface area contributed by atoms with Crippen molar-refractivity contribution in [2.45, 2.75) is 105 Å². The Hall–Kier alpha value is -3.49. The molecule has 0 radical (unpaired) electrons. The number of fused-ring (bicyclic) bond motifs is 2. The number of allylic oxidation sites excluding steroid dienone is 4. The topological polar surface area (TPSA) is 84.6 Å². The van der Waals surface area contributed by atoms with Crippen molar-refractivity contribution in [3.05, 3.63) is 56.8 Å². The number of aromatic hydroxyl groups is 1. The highest BCUT2D eigenvalue weighted by Crippen LogP contribution is 2.42. The van der Waals surface area contributed by atoms with E-state index in [0.29, 0.717) is 71.0 Å². The Bertz CT molecular complexity index is 1690. The lowest BCUT2D eigenvalue weighted by Crippen LogP contribution is -2.30. The molecular weight excluding hydrogens is 628 g/mol. The SMILES string of the molecule is COc1c(OCCCCN2CCCCC2)cc2oc3cc(OCCCCN4CCCCC4)c(CC=C(C)C)c(O)c3c(=O)c2c1CC=C(C)C. The average molecular weight is 689 g/mol. The number of phenols is 1. The molecule has 2 fully saturated rings.